The van der Waals surface area contributed by atoms with Crippen LogP contribution in [0.4, 0.5) is 0 Å². The first kappa shape index (κ1) is 24.3. The predicted molar refractivity (Wildman–Crippen MR) is 130 cm³/mol. The molecule has 0 radical (unpaired) electrons. The maximum Gasteiger partial charge on any atom is 0.295 e. The minimum Gasteiger partial charge on any atom is -0.872 e. The number of carbonyl (C=O) groups excluding carboxylic acids is 2. The fourth-order valence-corrected chi connectivity index (χ4v) is 5.14. The third-order valence-electron chi connectivity index (χ3n) is 6.78. The molecule has 0 aliphatic carbocycles. The molecule has 2 aliphatic heterocycles. The Balaban J connectivity index is 1.73. The lowest BCUT2D eigenvalue weighted by atomic mass is 9.94. The number of hydrogen-bond donors (Lipinski definition) is 1. The zero-order valence-corrected chi connectivity index (χ0v) is 20.7. The Bertz CT molecular complexity index is 1130. The molecule has 1 amide bonds. The molecular weight excluding hydrogens is 452 g/mol. The molecule has 4 rings (SSSR count). The van der Waals surface area contributed by atoms with Crippen molar-refractivity contribution < 1.29 is 24.3 Å². The van der Waals surface area contributed by atoms with Crippen LogP contribution in [-0.4, -0.2) is 48.9 Å². The van der Waals surface area contributed by atoms with Gasteiger partial charge in [-0.25, -0.2) is 0 Å². The fraction of sp³-hybridized carbons (Fsp3) is 0.407. The van der Waals surface area contributed by atoms with E-state index >= 15 is 0 Å². The van der Waals surface area contributed by atoms with Gasteiger partial charge in [-0.15, -0.1) is 0 Å². The molecular formula is C27H31ClN2O4. The Morgan fingerprint density at radius 1 is 1.18 bits per heavy atom. The zero-order chi connectivity index (χ0) is 24.4. The number of benzene rings is 2. The largest absolute Gasteiger partial charge is 0.872 e. The quantitative estimate of drug-likeness (QED) is 0.355. The van der Waals surface area contributed by atoms with E-state index in [9.17, 15) is 14.7 Å². The van der Waals surface area contributed by atoms with Crippen LogP contribution >= 0.6 is 11.6 Å². The molecule has 2 atom stereocenters. The van der Waals surface area contributed by atoms with Crippen molar-refractivity contribution in [1.82, 2.24) is 4.90 Å². The molecule has 2 aliphatic rings. The molecule has 2 aromatic rings. The summed E-state index contributed by atoms with van der Waals surface area (Å²) in [6.45, 7) is 9.52. The van der Waals surface area contributed by atoms with Gasteiger partial charge in [0.25, 0.3) is 5.91 Å². The van der Waals surface area contributed by atoms with Crippen molar-refractivity contribution in [3.05, 3.63) is 69.8 Å². The van der Waals surface area contributed by atoms with Crippen molar-refractivity contribution in [3.8, 4) is 5.75 Å². The van der Waals surface area contributed by atoms with Crippen LogP contribution in [0.15, 0.2) is 48.0 Å². The first-order valence-electron chi connectivity index (χ1n) is 12.0. The van der Waals surface area contributed by atoms with Gasteiger partial charge in [0.15, 0.2) is 0 Å². The first-order valence-corrected chi connectivity index (χ1v) is 12.4. The number of fused-ring (bicyclic) bond motifs is 1. The van der Waals surface area contributed by atoms with Crippen molar-refractivity contribution in [3.63, 3.8) is 0 Å². The van der Waals surface area contributed by atoms with Gasteiger partial charge in [0.1, 0.15) is 11.9 Å². The van der Waals surface area contributed by atoms with Crippen LogP contribution in [0.1, 0.15) is 49.9 Å². The summed E-state index contributed by atoms with van der Waals surface area (Å²) in [4.78, 5) is 29.3. The van der Waals surface area contributed by atoms with E-state index in [1.165, 1.54) is 4.90 Å². The molecule has 1 N–H and O–H groups in total. The molecule has 0 saturated carbocycles. The summed E-state index contributed by atoms with van der Waals surface area (Å²) in [5.41, 5.74) is 2.00. The number of hydrogen-bond acceptors (Lipinski definition) is 4. The number of ketones is 1. The van der Waals surface area contributed by atoms with Crippen LogP contribution in [0.25, 0.3) is 5.76 Å². The summed E-state index contributed by atoms with van der Waals surface area (Å²) in [7, 11) is 0. The van der Waals surface area contributed by atoms with Crippen LogP contribution in [0, 0.1) is 0 Å². The van der Waals surface area contributed by atoms with Crippen LogP contribution in [0.5, 0.6) is 5.75 Å². The van der Waals surface area contributed by atoms with E-state index in [0.717, 1.165) is 37.4 Å². The summed E-state index contributed by atoms with van der Waals surface area (Å²) < 4.78 is 5.74. The van der Waals surface area contributed by atoms with Gasteiger partial charge in [-0.3, -0.25) is 9.59 Å². The average molecular weight is 483 g/mol. The molecule has 0 aromatic heterocycles. The van der Waals surface area contributed by atoms with E-state index in [1.807, 2.05) is 13.0 Å². The van der Waals surface area contributed by atoms with Gasteiger partial charge < -0.3 is 19.6 Å². The van der Waals surface area contributed by atoms with Gasteiger partial charge in [0.2, 0.25) is 5.78 Å². The maximum absolute atomic E-state index is 13.7. The average Bonchev–Trinajstić information content (AvgIpc) is 3.32. The molecule has 1 fully saturated rings. The number of amides is 1. The normalized spacial score (nSPS) is 21.3. The number of likely N-dealkylation sites (tertiary alicyclic amines) is 1. The highest BCUT2D eigenvalue weighted by Crippen LogP contribution is 2.40. The lowest BCUT2D eigenvalue weighted by molar-refractivity contribution is -0.896. The Hall–Kier alpha value is -2.83. The van der Waals surface area contributed by atoms with Crippen LogP contribution < -0.4 is 14.7 Å². The lowest BCUT2D eigenvalue weighted by Gasteiger charge is -2.28. The molecule has 180 valence electrons. The predicted octanol–water partition coefficient (Wildman–Crippen LogP) is 2.20. The van der Waals surface area contributed by atoms with Crippen LogP contribution in [0.2, 0.25) is 5.02 Å². The number of nitrogens with zero attached hydrogens (tertiary/aromatic N) is 1. The van der Waals surface area contributed by atoms with Crippen LogP contribution in [-0.2, 0) is 16.0 Å². The zero-order valence-electron chi connectivity index (χ0n) is 19.9. The topological polar surface area (TPSA) is 74.1 Å². The number of rotatable bonds is 8. The second kappa shape index (κ2) is 10.2. The van der Waals surface area contributed by atoms with Crippen LogP contribution in [0.3, 0.4) is 0 Å². The summed E-state index contributed by atoms with van der Waals surface area (Å²) >= 11 is 6.25. The summed E-state index contributed by atoms with van der Waals surface area (Å²) in [6.07, 6.45) is 1.49. The standard InChI is InChI=1S/C27H31ClN2O4/c1-4-29(5-2)12-7-13-30-24(18-8-6-9-21(28)16-18)23(26(32)27(30)33)25(31)19-10-11-22-20(15-19)14-17(3)34-22/h6,8-11,15-17,24,31H,4-5,7,12-14H2,1-3H3/b25-23+. The molecule has 0 spiro atoms. The van der Waals surface area contributed by atoms with Crippen molar-refractivity contribution >= 4 is 29.1 Å². The van der Waals surface area contributed by atoms with Gasteiger partial charge in [-0.05, 0) is 61.7 Å². The number of carbonyl (C=O) groups is 2. The number of quaternary nitrogens is 1. The molecule has 6 nitrogen and oxygen atoms in total. The fourth-order valence-electron chi connectivity index (χ4n) is 4.95. The van der Waals surface area contributed by atoms with E-state index in [0.29, 0.717) is 29.1 Å². The summed E-state index contributed by atoms with van der Waals surface area (Å²) in [5, 5.41) is 14.2. The Morgan fingerprint density at radius 3 is 2.65 bits per heavy atom. The van der Waals surface area contributed by atoms with Crippen molar-refractivity contribution in [2.75, 3.05) is 26.2 Å². The third kappa shape index (κ3) is 4.70. The molecule has 2 aromatic carbocycles. The van der Waals surface area contributed by atoms with Gasteiger partial charge in [-0.1, -0.05) is 35.6 Å². The van der Waals surface area contributed by atoms with E-state index in [1.54, 1.807) is 41.3 Å². The smallest absolute Gasteiger partial charge is 0.295 e. The van der Waals surface area contributed by atoms with E-state index in [-0.39, 0.29) is 11.7 Å². The van der Waals surface area contributed by atoms with Crippen molar-refractivity contribution in [2.24, 2.45) is 0 Å². The van der Waals surface area contributed by atoms with E-state index < -0.39 is 23.5 Å². The summed E-state index contributed by atoms with van der Waals surface area (Å²) in [5.74, 6) is -1.01. The van der Waals surface area contributed by atoms with Crippen molar-refractivity contribution in [2.45, 2.75) is 45.8 Å². The van der Waals surface area contributed by atoms with Gasteiger partial charge in [0.05, 0.1) is 25.7 Å². The number of halogens is 1. The molecule has 2 heterocycles. The number of Topliss-reactive ketones (excluding diaryl/α,β-unsaturated/α-hetero) is 1. The minimum atomic E-state index is -0.749. The van der Waals surface area contributed by atoms with Gasteiger partial charge in [0, 0.05) is 30.0 Å². The number of ether oxygens (including phenoxy) is 1. The van der Waals surface area contributed by atoms with E-state index in [2.05, 4.69) is 13.8 Å². The number of nitrogens with one attached hydrogen (secondary N) is 1. The Kier molecular flexibility index (Phi) is 7.29. The second-order valence-electron chi connectivity index (χ2n) is 9.04. The highest BCUT2D eigenvalue weighted by molar-refractivity contribution is 6.46. The highest BCUT2D eigenvalue weighted by atomic mass is 35.5. The van der Waals surface area contributed by atoms with Gasteiger partial charge in [-0.2, -0.15) is 0 Å². The minimum absolute atomic E-state index is 0.00522. The molecule has 2 unspecified atom stereocenters. The third-order valence-corrected chi connectivity index (χ3v) is 7.02. The molecule has 1 saturated heterocycles. The van der Waals surface area contributed by atoms with Crippen molar-refractivity contribution in [1.29, 1.82) is 0 Å². The maximum atomic E-state index is 13.7. The van der Waals surface area contributed by atoms with Gasteiger partial charge >= 0.3 is 0 Å². The molecule has 7 heteroatoms. The Labute approximate surface area is 205 Å². The Morgan fingerprint density at radius 2 is 1.94 bits per heavy atom. The second-order valence-corrected chi connectivity index (χ2v) is 9.48. The first-order chi connectivity index (χ1) is 16.3. The summed E-state index contributed by atoms with van der Waals surface area (Å²) in [6, 6.07) is 11.5. The SMILES string of the molecule is CC[NH+](CC)CCCN1C(=O)C(=O)/C(=C(/[O-])c2ccc3c(c2)CC(C)O3)C1c1cccc(Cl)c1. The molecule has 34 heavy (non-hydrogen) atoms. The lowest BCUT2D eigenvalue weighted by Crippen LogP contribution is -3.11. The molecule has 0 bridgehead atoms. The van der Waals surface area contributed by atoms with E-state index in [4.69, 9.17) is 16.3 Å². The monoisotopic (exact) mass is 482 g/mol. The highest BCUT2D eigenvalue weighted by Gasteiger charge is 2.44.